The maximum Gasteiger partial charge on any atom is 0.247 e. The van der Waals surface area contributed by atoms with E-state index in [1.165, 1.54) is 6.08 Å². The predicted octanol–water partition coefficient (Wildman–Crippen LogP) is 5.42. The molecule has 29 heavy (non-hydrogen) atoms. The van der Waals surface area contributed by atoms with Gasteiger partial charge in [-0.25, -0.2) is 4.98 Å². The van der Waals surface area contributed by atoms with Crippen molar-refractivity contribution in [1.29, 1.82) is 0 Å². The van der Waals surface area contributed by atoms with Crippen LogP contribution in [-0.4, -0.2) is 20.4 Å². The summed E-state index contributed by atoms with van der Waals surface area (Å²) in [5.74, 6) is 0.870. The largest absolute Gasteiger partial charge is 0.354 e. The molecule has 0 unspecified atom stereocenters. The average Bonchev–Trinajstić information content (AvgIpc) is 3.42. The fraction of sp³-hybridized carbons (Fsp3) is 0.130. The monoisotopic (exact) mass is 402 g/mol. The molecule has 0 saturated heterocycles. The Hall–Kier alpha value is -3.31. The number of nitrogens with one attached hydrogen (secondary N) is 2. The number of hydrogen-bond acceptors (Lipinski definition) is 2. The molecule has 1 aliphatic rings. The molecule has 144 valence electrons. The molecule has 5 nitrogen and oxygen atoms in total. The van der Waals surface area contributed by atoms with Gasteiger partial charge >= 0.3 is 0 Å². The summed E-state index contributed by atoms with van der Waals surface area (Å²) in [7, 11) is 0. The van der Waals surface area contributed by atoms with Crippen LogP contribution in [0.15, 0.2) is 61.3 Å². The summed E-state index contributed by atoms with van der Waals surface area (Å²) in [5, 5.41) is 4.58. The van der Waals surface area contributed by atoms with E-state index in [1.807, 2.05) is 36.4 Å². The van der Waals surface area contributed by atoms with Gasteiger partial charge in [-0.2, -0.15) is 0 Å². The minimum Gasteiger partial charge on any atom is -0.354 e. The molecule has 0 atom stereocenters. The number of benzene rings is 2. The second-order valence-corrected chi connectivity index (χ2v) is 7.65. The van der Waals surface area contributed by atoms with E-state index in [0.717, 1.165) is 58.6 Å². The normalized spacial score (nSPS) is 12.9. The molecule has 0 bridgehead atoms. The third-order valence-electron chi connectivity index (χ3n) is 5.27. The van der Waals surface area contributed by atoms with E-state index >= 15 is 0 Å². The van der Waals surface area contributed by atoms with E-state index in [2.05, 4.69) is 33.7 Å². The Morgan fingerprint density at radius 2 is 2.07 bits per heavy atom. The van der Waals surface area contributed by atoms with Gasteiger partial charge in [0.25, 0.3) is 0 Å². The SMILES string of the molecule is C=CC(=O)Nc1cc(-c2cn3c(n2)CCC3)c2[nH]c(-c3ccc(Cl)cc3)cc2c1. The number of aromatic amines is 1. The van der Waals surface area contributed by atoms with Gasteiger partial charge in [0.05, 0.1) is 11.2 Å². The fourth-order valence-corrected chi connectivity index (χ4v) is 4.01. The number of H-pyrrole nitrogens is 1. The Kier molecular flexibility index (Phi) is 4.25. The lowest BCUT2D eigenvalue weighted by molar-refractivity contribution is -0.111. The lowest BCUT2D eigenvalue weighted by Gasteiger charge is -2.07. The van der Waals surface area contributed by atoms with Crippen molar-refractivity contribution in [2.75, 3.05) is 5.32 Å². The molecule has 0 spiro atoms. The van der Waals surface area contributed by atoms with E-state index in [1.54, 1.807) is 0 Å². The van der Waals surface area contributed by atoms with Crippen molar-refractivity contribution in [2.24, 2.45) is 0 Å². The maximum absolute atomic E-state index is 11.9. The minimum absolute atomic E-state index is 0.240. The number of rotatable bonds is 4. The molecule has 0 radical (unpaired) electrons. The zero-order valence-electron chi connectivity index (χ0n) is 15.7. The summed E-state index contributed by atoms with van der Waals surface area (Å²) < 4.78 is 2.21. The molecule has 1 aliphatic heterocycles. The van der Waals surface area contributed by atoms with Crippen LogP contribution in [0.5, 0.6) is 0 Å². The Balaban J connectivity index is 1.68. The van der Waals surface area contributed by atoms with Crippen molar-refractivity contribution in [2.45, 2.75) is 19.4 Å². The van der Waals surface area contributed by atoms with E-state index in [0.29, 0.717) is 10.7 Å². The summed E-state index contributed by atoms with van der Waals surface area (Å²) in [6, 6.07) is 13.7. The van der Waals surface area contributed by atoms with Crippen LogP contribution in [0, 0.1) is 0 Å². The first-order chi connectivity index (χ1) is 14.1. The maximum atomic E-state index is 11.9. The highest BCUT2D eigenvalue weighted by molar-refractivity contribution is 6.30. The molecular formula is C23H19ClN4O. The fourth-order valence-electron chi connectivity index (χ4n) is 3.88. The number of fused-ring (bicyclic) bond motifs is 2. The zero-order chi connectivity index (χ0) is 20.0. The number of carbonyl (C=O) groups excluding carboxylic acids is 1. The molecule has 0 saturated carbocycles. The van der Waals surface area contributed by atoms with Crippen LogP contribution in [0.1, 0.15) is 12.2 Å². The lowest BCUT2D eigenvalue weighted by Crippen LogP contribution is -2.07. The van der Waals surface area contributed by atoms with Crippen LogP contribution in [-0.2, 0) is 17.8 Å². The predicted molar refractivity (Wildman–Crippen MR) is 117 cm³/mol. The van der Waals surface area contributed by atoms with E-state index in [9.17, 15) is 4.79 Å². The first-order valence-corrected chi connectivity index (χ1v) is 9.91. The Morgan fingerprint density at radius 3 is 2.83 bits per heavy atom. The molecule has 0 fully saturated rings. The highest BCUT2D eigenvalue weighted by atomic mass is 35.5. The molecule has 2 N–H and O–H groups in total. The van der Waals surface area contributed by atoms with Crippen LogP contribution in [0.2, 0.25) is 5.02 Å². The first kappa shape index (κ1) is 17.8. The van der Waals surface area contributed by atoms with Gasteiger partial charge < -0.3 is 14.9 Å². The summed E-state index contributed by atoms with van der Waals surface area (Å²) in [6.07, 6.45) is 5.50. The van der Waals surface area contributed by atoms with Crippen LogP contribution < -0.4 is 5.32 Å². The van der Waals surface area contributed by atoms with Gasteiger partial charge in [-0.1, -0.05) is 30.3 Å². The molecule has 5 rings (SSSR count). The first-order valence-electron chi connectivity index (χ1n) is 9.53. The van der Waals surface area contributed by atoms with Crippen molar-refractivity contribution in [3.63, 3.8) is 0 Å². The quantitative estimate of drug-likeness (QED) is 0.447. The van der Waals surface area contributed by atoms with Crippen molar-refractivity contribution < 1.29 is 4.79 Å². The standard InChI is InChI=1S/C23H19ClN4O/c1-2-22(29)25-17-10-15-11-19(14-5-7-16(24)8-6-14)27-23(15)18(12-17)20-13-28-9-3-4-21(28)26-20/h2,5-8,10-13,27H,1,3-4,9H2,(H,25,29). The van der Waals surface area contributed by atoms with Gasteiger partial charge in [0.15, 0.2) is 0 Å². The summed E-state index contributed by atoms with van der Waals surface area (Å²) in [6.45, 7) is 4.54. The zero-order valence-corrected chi connectivity index (χ0v) is 16.5. The summed E-state index contributed by atoms with van der Waals surface area (Å²) in [4.78, 5) is 20.2. The molecule has 1 amide bonds. The third kappa shape index (κ3) is 3.23. The topological polar surface area (TPSA) is 62.7 Å². The Morgan fingerprint density at radius 1 is 1.24 bits per heavy atom. The molecule has 2 aromatic heterocycles. The molecule has 0 aliphatic carbocycles. The number of nitrogens with zero attached hydrogens (tertiary/aromatic N) is 2. The highest BCUT2D eigenvalue weighted by Crippen LogP contribution is 2.35. The van der Waals surface area contributed by atoms with Gasteiger partial charge in [-0.05, 0) is 48.4 Å². The number of amides is 1. The summed E-state index contributed by atoms with van der Waals surface area (Å²) in [5.41, 5.74) is 5.60. The number of imidazole rings is 1. The van der Waals surface area contributed by atoms with Gasteiger partial charge in [0.1, 0.15) is 5.82 Å². The van der Waals surface area contributed by atoms with Gasteiger partial charge in [0.2, 0.25) is 5.91 Å². The van der Waals surface area contributed by atoms with Gasteiger partial charge in [-0.3, -0.25) is 4.79 Å². The van der Waals surface area contributed by atoms with E-state index in [4.69, 9.17) is 16.6 Å². The van der Waals surface area contributed by atoms with E-state index in [-0.39, 0.29) is 5.91 Å². The average molecular weight is 403 g/mol. The third-order valence-corrected chi connectivity index (χ3v) is 5.52. The second-order valence-electron chi connectivity index (χ2n) is 7.21. The van der Waals surface area contributed by atoms with Gasteiger partial charge in [0, 0.05) is 46.5 Å². The molecule has 4 aromatic rings. The molecular weight excluding hydrogens is 384 g/mol. The number of aromatic nitrogens is 3. The van der Waals surface area contributed by atoms with Crippen molar-refractivity contribution in [3.05, 3.63) is 72.2 Å². The van der Waals surface area contributed by atoms with Crippen LogP contribution >= 0.6 is 11.6 Å². The number of aryl methyl sites for hydroxylation is 2. The number of halogens is 1. The van der Waals surface area contributed by atoms with Crippen LogP contribution in [0.25, 0.3) is 33.4 Å². The minimum atomic E-state index is -0.240. The van der Waals surface area contributed by atoms with E-state index < -0.39 is 0 Å². The van der Waals surface area contributed by atoms with Crippen LogP contribution in [0.3, 0.4) is 0 Å². The smallest absolute Gasteiger partial charge is 0.247 e. The molecule has 6 heteroatoms. The Labute approximate surface area is 173 Å². The van der Waals surface area contributed by atoms with Gasteiger partial charge in [-0.15, -0.1) is 0 Å². The van der Waals surface area contributed by atoms with Crippen molar-refractivity contribution in [3.8, 4) is 22.5 Å². The Bertz CT molecular complexity index is 1230. The second kappa shape index (κ2) is 6.94. The summed E-state index contributed by atoms with van der Waals surface area (Å²) >= 11 is 6.03. The highest BCUT2D eigenvalue weighted by Gasteiger charge is 2.18. The number of anilines is 1. The van der Waals surface area contributed by atoms with Crippen molar-refractivity contribution in [1.82, 2.24) is 14.5 Å². The van der Waals surface area contributed by atoms with Crippen LogP contribution in [0.4, 0.5) is 5.69 Å². The lowest BCUT2D eigenvalue weighted by atomic mass is 10.1. The number of carbonyl (C=O) groups is 1. The molecule has 3 heterocycles. The number of hydrogen-bond donors (Lipinski definition) is 2. The molecule has 2 aromatic carbocycles. The van der Waals surface area contributed by atoms with Crippen molar-refractivity contribution >= 4 is 34.1 Å².